The smallest absolute Gasteiger partial charge is 0.226 e. The maximum atomic E-state index is 12.6. The molecule has 1 atom stereocenters. The zero-order chi connectivity index (χ0) is 14.8. The Balaban J connectivity index is 1.89. The van der Waals surface area contributed by atoms with E-state index in [1.807, 2.05) is 23.1 Å². The highest BCUT2D eigenvalue weighted by atomic mass is 32.2. The first kappa shape index (κ1) is 14.6. The van der Waals surface area contributed by atoms with Crippen molar-refractivity contribution in [1.82, 2.24) is 4.90 Å². The molecular formula is C16H21NO3S. The van der Waals surface area contributed by atoms with Crippen molar-refractivity contribution in [1.29, 1.82) is 0 Å². The van der Waals surface area contributed by atoms with Crippen LogP contribution in [0.4, 0.5) is 0 Å². The number of para-hydroxylation sites is 1. The largest absolute Gasteiger partial charge is 0.493 e. The normalized spacial score (nSPS) is 22.0. The maximum absolute atomic E-state index is 12.6. The van der Waals surface area contributed by atoms with Crippen molar-refractivity contribution in [3.8, 4) is 11.5 Å². The van der Waals surface area contributed by atoms with Gasteiger partial charge in [-0.1, -0.05) is 18.6 Å². The first-order chi connectivity index (χ1) is 10.3. The van der Waals surface area contributed by atoms with Crippen molar-refractivity contribution in [2.75, 3.05) is 26.5 Å². The minimum atomic E-state index is 0.0446. The molecule has 0 spiro atoms. The van der Waals surface area contributed by atoms with Crippen LogP contribution in [0.2, 0.25) is 0 Å². The van der Waals surface area contributed by atoms with E-state index in [1.54, 1.807) is 26.0 Å². The summed E-state index contributed by atoms with van der Waals surface area (Å²) in [6.07, 6.45) is 3.27. The number of carbonyl (C=O) groups excluding carboxylic acids is 1. The fourth-order valence-corrected chi connectivity index (χ4v) is 4.23. The van der Waals surface area contributed by atoms with Crippen molar-refractivity contribution in [3.63, 3.8) is 0 Å². The molecule has 1 unspecified atom stereocenters. The Morgan fingerprint density at radius 1 is 1.29 bits per heavy atom. The molecule has 1 aliphatic heterocycles. The van der Waals surface area contributed by atoms with Crippen molar-refractivity contribution >= 4 is 17.7 Å². The van der Waals surface area contributed by atoms with Crippen LogP contribution in [-0.2, 0) is 4.79 Å². The molecule has 2 fully saturated rings. The third-order valence-corrected chi connectivity index (χ3v) is 5.57. The van der Waals surface area contributed by atoms with E-state index in [4.69, 9.17) is 9.47 Å². The lowest BCUT2D eigenvalue weighted by atomic mass is 9.84. The van der Waals surface area contributed by atoms with Gasteiger partial charge in [0.25, 0.3) is 0 Å². The number of thioether (sulfide) groups is 1. The number of rotatable bonds is 4. The predicted molar refractivity (Wildman–Crippen MR) is 83.8 cm³/mol. The molecule has 0 radical (unpaired) electrons. The molecule has 1 aromatic carbocycles. The van der Waals surface area contributed by atoms with E-state index in [-0.39, 0.29) is 11.3 Å². The lowest BCUT2D eigenvalue weighted by molar-refractivity contribution is -0.138. The van der Waals surface area contributed by atoms with E-state index < -0.39 is 0 Å². The molecule has 1 amide bonds. The van der Waals surface area contributed by atoms with Crippen molar-refractivity contribution < 1.29 is 14.3 Å². The summed E-state index contributed by atoms with van der Waals surface area (Å²) in [5, 5.41) is 0.0446. The second-order valence-electron chi connectivity index (χ2n) is 5.47. The number of hydrogen-bond donors (Lipinski definition) is 0. The van der Waals surface area contributed by atoms with E-state index in [1.165, 1.54) is 6.42 Å². The van der Waals surface area contributed by atoms with Crippen LogP contribution >= 0.6 is 11.8 Å². The Morgan fingerprint density at radius 3 is 2.71 bits per heavy atom. The summed E-state index contributed by atoms with van der Waals surface area (Å²) in [6, 6.07) is 5.88. The number of benzene rings is 1. The number of ether oxygens (including phenoxy) is 2. The molecule has 3 rings (SSSR count). The fraction of sp³-hybridized carbons (Fsp3) is 0.562. The summed E-state index contributed by atoms with van der Waals surface area (Å²) in [6.45, 7) is 0.824. The van der Waals surface area contributed by atoms with Gasteiger partial charge in [-0.2, -0.15) is 0 Å². The number of amides is 1. The third-order valence-electron chi connectivity index (χ3n) is 4.33. The van der Waals surface area contributed by atoms with Gasteiger partial charge in [0.1, 0.15) is 5.37 Å². The van der Waals surface area contributed by atoms with Gasteiger partial charge in [0.05, 0.1) is 14.2 Å². The summed E-state index contributed by atoms with van der Waals surface area (Å²) in [5.41, 5.74) is 1.03. The minimum Gasteiger partial charge on any atom is -0.493 e. The van der Waals surface area contributed by atoms with Gasteiger partial charge < -0.3 is 14.4 Å². The Labute approximate surface area is 129 Å². The Hall–Kier alpha value is -1.36. The Morgan fingerprint density at radius 2 is 2.10 bits per heavy atom. The molecule has 1 aromatic rings. The lowest BCUT2D eigenvalue weighted by Gasteiger charge is -2.32. The zero-order valence-corrected chi connectivity index (χ0v) is 13.3. The van der Waals surface area contributed by atoms with Gasteiger partial charge in [-0.05, 0) is 18.9 Å². The van der Waals surface area contributed by atoms with Crippen LogP contribution in [0.1, 0.15) is 30.2 Å². The van der Waals surface area contributed by atoms with Gasteiger partial charge in [0, 0.05) is 23.8 Å². The highest BCUT2D eigenvalue weighted by molar-refractivity contribution is 7.99. The summed E-state index contributed by atoms with van der Waals surface area (Å²) < 4.78 is 10.9. The number of nitrogens with zero attached hydrogens (tertiary/aromatic N) is 1. The van der Waals surface area contributed by atoms with Crippen LogP contribution in [0.5, 0.6) is 11.5 Å². The molecule has 1 saturated carbocycles. The summed E-state index contributed by atoms with van der Waals surface area (Å²) >= 11 is 1.80. The van der Waals surface area contributed by atoms with E-state index >= 15 is 0 Å². The molecule has 1 heterocycles. The summed E-state index contributed by atoms with van der Waals surface area (Å²) in [5.74, 6) is 2.98. The van der Waals surface area contributed by atoms with Crippen LogP contribution in [0.15, 0.2) is 18.2 Å². The number of methoxy groups -OCH3 is 2. The first-order valence-electron chi connectivity index (χ1n) is 7.39. The topological polar surface area (TPSA) is 38.8 Å². The molecule has 114 valence electrons. The van der Waals surface area contributed by atoms with Crippen LogP contribution in [-0.4, -0.2) is 37.3 Å². The zero-order valence-electron chi connectivity index (χ0n) is 12.5. The standard InChI is InChI=1S/C16H21NO3S/c1-19-13-8-4-7-12(14(13)20-2)16-17(9-10-21-16)15(18)11-5-3-6-11/h4,7-8,11,16H,3,5-6,9-10H2,1-2H3. The van der Waals surface area contributed by atoms with Crippen molar-refractivity contribution in [2.24, 2.45) is 5.92 Å². The van der Waals surface area contributed by atoms with Gasteiger partial charge >= 0.3 is 0 Å². The third kappa shape index (κ3) is 2.59. The quantitative estimate of drug-likeness (QED) is 0.857. The van der Waals surface area contributed by atoms with Crippen molar-refractivity contribution in [3.05, 3.63) is 23.8 Å². The SMILES string of the molecule is COc1cccc(C2SCCN2C(=O)C2CCC2)c1OC. The monoisotopic (exact) mass is 307 g/mol. The molecule has 0 bridgehead atoms. The van der Waals surface area contributed by atoms with E-state index in [2.05, 4.69) is 0 Å². The van der Waals surface area contributed by atoms with Gasteiger partial charge in [0.15, 0.2) is 11.5 Å². The lowest BCUT2D eigenvalue weighted by Crippen LogP contribution is -2.38. The van der Waals surface area contributed by atoms with E-state index in [9.17, 15) is 4.79 Å². The van der Waals surface area contributed by atoms with E-state index in [0.717, 1.165) is 42.2 Å². The second kappa shape index (κ2) is 6.18. The average molecular weight is 307 g/mol. The predicted octanol–water partition coefficient (Wildman–Crippen LogP) is 3.08. The average Bonchev–Trinajstić information content (AvgIpc) is 2.93. The molecule has 2 aliphatic rings. The molecule has 1 saturated heterocycles. The van der Waals surface area contributed by atoms with Crippen LogP contribution in [0.3, 0.4) is 0 Å². The maximum Gasteiger partial charge on any atom is 0.226 e. The van der Waals surface area contributed by atoms with Gasteiger partial charge in [-0.15, -0.1) is 11.8 Å². The Bertz CT molecular complexity index is 530. The molecule has 0 aromatic heterocycles. The molecular weight excluding hydrogens is 286 g/mol. The summed E-state index contributed by atoms with van der Waals surface area (Å²) in [7, 11) is 3.29. The molecule has 5 heteroatoms. The highest BCUT2D eigenvalue weighted by Gasteiger charge is 2.38. The van der Waals surface area contributed by atoms with Crippen LogP contribution < -0.4 is 9.47 Å². The van der Waals surface area contributed by atoms with Crippen LogP contribution in [0.25, 0.3) is 0 Å². The summed E-state index contributed by atoms with van der Waals surface area (Å²) in [4.78, 5) is 14.6. The molecule has 4 nitrogen and oxygen atoms in total. The fourth-order valence-electron chi connectivity index (χ4n) is 2.95. The van der Waals surface area contributed by atoms with Crippen molar-refractivity contribution in [2.45, 2.75) is 24.6 Å². The second-order valence-corrected chi connectivity index (χ2v) is 6.65. The first-order valence-corrected chi connectivity index (χ1v) is 8.44. The number of carbonyl (C=O) groups is 1. The Kier molecular flexibility index (Phi) is 4.29. The molecule has 1 aliphatic carbocycles. The van der Waals surface area contributed by atoms with Crippen LogP contribution in [0, 0.1) is 5.92 Å². The van der Waals surface area contributed by atoms with Gasteiger partial charge in [0.2, 0.25) is 5.91 Å². The minimum absolute atomic E-state index is 0.0446. The molecule has 0 N–H and O–H groups in total. The van der Waals surface area contributed by atoms with Gasteiger partial charge in [-0.3, -0.25) is 4.79 Å². The van der Waals surface area contributed by atoms with Gasteiger partial charge in [-0.25, -0.2) is 0 Å². The van der Waals surface area contributed by atoms with E-state index in [0.29, 0.717) is 5.91 Å². The number of hydrogen-bond acceptors (Lipinski definition) is 4. The molecule has 21 heavy (non-hydrogen) atoms. The highest BCUT2D eigenvalue weighted by Crippen LogP contribution is 2.46.